The van der Waals surface area contributed by atoms with Gasteiger partial charge in [-0.2, -0.15) is 0 Å². The van der Waals surface area contributed by atoms with Crippen LogP contribution in [0.1, 0.15) is 23.8 Å². The summed E-state index contributed by atoms with van der Waals surface area (Å²) in [4.78, 5) is 0. The third-order valence-electron chi connectivity index (χ3n) is 2.95. The van der Waals surface area contributed by atoms with Crippen LogP contribution in [0.15, 0.2) is 41.0 Å². The lowest BCUT2D eigenvalue weighted by molar-refractivity contribution is 0.459. The lowest BCUT2D eigenvalue weighted by Crippen LogP contribution is -2.18. The standard InChI is InChI=1S/C14H15ClFNO/c1-17-14(7-5-11-3-2-8-18-11)12-6-4-10(15)9-13(12)16/h2-4,6,8-9,14,17H,5,7H2,1H3. The molecule has 2 nitrogen and oxygen atoms in total. The van der Waals surface area contributed by atoms with E-state index in [9.17, 15) is 4.39 Å². The summed E-state index contributed by atoms with van der Waals surface area (Å²) in [6.45, 7) is 0. The number of hydrogen-bond donors (Lipinski definition) is 1. The Balaban J connectivity index is 2.08. The first-order valence-corrected chi connectivity index (χ1v) is 6.23. The molecular formula is C14H15ClFNO. The van der Waals surface area contributed by atoms with Crippen LogP contribution in [0.25, 0.3) is 0 Å². The molecule has 1 unspecified atom stereocenters. The molecule has 1 aromatic carbocycles. The molecule has 0 saturated heterocycles. The van der Waals surface area contributed by atoms with Crippen LogP contribution < -0.4 is 5.32 Å². The molecule has 0 aliphatic heterocycles. The maximum atomic E-state index is 13.8. The van der Waals surface area contributed by atoms with Gasteiger partial charge in [0.2, 0.25) is 0 Å². The van der Waals surface area contributed by atoms with Crippen molar-refractivity contribution in [3.8, 4) is 0 Å². The first-order chi connectivity index (χ1) is 8.70. The minimum absolute atomic E-state index is 0.0487. The minimum Gasteiger partial charge on any atom is -0.469 e. The Labute approximate surface area is 111 Å². The summed E-state index contributed by atoms with van der Waals surface area (Å²) < 4.78 is 19.1. The molecule has 4 heteroatoms. The molecule has 2 rings (SSSR count). The first kappa shape index (κ1) is 13.1. The highest BCUT2D eigenvalue weighted by Gasteiger charge is 2.14. The summed E-state index contributed by atoms with van der Waals surface area (Å²) in [7, 11) is 1.82. The van der Waals surface area contributed by atoms with Gasteiger partial charge in [0.15, 0.2) is 0 Å². The number of furan rings is 1. The van der Waals surface area contributed by atoms with Crippen molar-refractivity contribution < 1.29 is 8.81 Å². The van der Waals surface area contributed by atoms with Gasteiger partial charge in [-0.15, -0.1) is 0 Å². The van der Waals surface area contributed by atoms with Gasteiger partial charge < -0.3 is 9.73 Å². The molecule has 1 aromatic heterocycles. The van der Waals surface area contributed by atoms with Crippen molar-refractivity contribution >= 4 is 11.6 Å². The Morgan fingerprint density at radius 3 is 2.83 bits per heavy atom. The van der Waals surface area contributed by atoms with E-state index in [2.05, 4.69) is 5.32 Å². The van der Waals surface area contributed by atoms with Gasteiger partial charge in [0, 0.05) is 23.0 Å². The maximum Gasteiger partial charge on any atom is 0.129 e. The van der Waals surface area contributed by atoms with E-state index in [1.807, 2.05) is 19.2 Å². The molecule has 0 radical (unpaired) electrons. The van der Waals surface area contributed by atoms with Crippen molar-refractivity contribution in [2.24, 2.45) is 0 Å². The van der Waals surface area contributed by atoms with Crippen molar-refractivity contribution in [1.29, 1.82) is 0 Å². The third kappa shape index (κ3) is 3.12. The zero-order valence-corrected chi connectivity index (χ0v) is 10.9. The Bertz CT molecular complexity index is 499. The average Bonchev–Trinajstić information content (AvgIpc) is 2.85. The van der Waals surface area contributed by atoms with E-state index in [1.54, 1.807) is 18.4 Å². The number of hydrogen-bond acceptors (Lipinski definition) is 2. The van der Waals surface area contributed by atoms with E-state index in [-0.39, 0.29) is 11.9 Å². The molecule has 0 aliphatic carbocycles. The van der Waals surface area contributed by atoms with Crippen LogP contribution in [0, 0.1) is 5.82 Å². The van der Waals surface area contributed by atoms with Crippen molar-refractivity contribution in [3.63, 3.8) is 0 Å². The van der Waals surface area contributed by atoms with Gasteiger partial charge in [-0.25, -0.2) is 4.39 Å². The number of benzene rings is 1. The van der Waals surface area contributed by atoms with E-state index in [4.69, 9.17) is 16.0 Å². The molecule has 0 fully saturated rings. The fourth-order valence-corrected chi connectivity index (χ4v) is 2.14. The number of aryl methyl sites for hydroxylation is 1. The summed E-state index contributed by atoms with van der Waals surface area (Å²) >= 11 is 5.75. The van der Waals surface area contributed by atoms with Crippen LogP contribution in [0.3, 0.4) is 0 Å². The van der Waals surface area contributed by atoms with Crippen molar-refractivity contribution in [2.45, 2.75) is 18.9 Å². The van der Waals surface area contributed by atoms with Gasteiger partial charge in [0.25, 0.3) is 0 Å². The second kappa shape index (κ2) is 6.03. The Morgan fingerprint density at radius 1 is 1.39 bits per heavy atom. The van der Waals surface area contributed by atoms with Crippen LogP contribution in [0.5, 0.6) is 0 Å². The number of rotatable bonds is 5. The molecule has 0 spiro atoms. The minimum atomic E-state index is -0.277. The Morgan fingerprint density at radius 2 is 2.22 bits per heavy atom. The summed E-state index contributed by atoms with van der Waals surface area (Å²) in [5.41, 5.74) is 0.633. The molecule has 18 heavy (non-hydrogen) atoms. The van der Waals surface area contributed by atoms with Gasteiger partial charge in [0.1, 0.15) is 11.6 Å². The third-order valence-corrected chi connectivity index (χ3v) is 3.18. The monoisotopic (exact) mass is 267 g/mol. The second-order valence-electron chi connectivity index (χ2n) is 4.13. The van der Waals surface area contributed by atoms with E-state index >= 15 is 0 Å². The second-order valence-corrected chi connectivity index (χ2v) is 4.56. The summed E-state index contributed by atoms with van der Waals surface area (Å²) in [6, 6.07) is 8.50. The van der Waals surface area contributed by atoms with Crippen LogP contribution >= 0.6 is 11.6 Å². The fourth-order valence-electron chi connectivity index (χ4n) is 1.98. The first-order valence-electron chi connectivity index (χ1n) is 5.85. The average molecular weight is 268 g/mol. The van der Waals surface area contributed by atoms with E-state index in [0.29, 0.717) is 10.6 Å². The SMILES string of the molecule is CNC(CCc1ccco1)c1ccc(Cl)cc1F. The Hall–Kier alpha value is -1.32. The normalized spacial score (nSPS) is 12.6. The summed E-state index contributed by atoms with van der Waals surface area (Å²) in [5, 5.41) is 3.53. The van der Waals surface area contributed by atoms with Gasteiger partial charge >= 0.3 is 0 Å². The van der Waals surface area contributed by atoms with Crippen LogP contribution in [-0.2, 0) is 6.42 Å². The van der Waals surface area contributed by atoms with Crippen molar-refractivity contribution in [2.75, 3.05) is 7.05 Å². The molecule has 96 valence electrons. The molecule has 0 aliphatic rings. The molecular weight excluding hydrogens is 253 g/mol. The van der Waals surface area contributed by atoms with Gasteiger partial charge in [-0.1, -0.05) is 17.7 Å². The fraction of sp³-hybridized carbons (Fsp3) is 0.286. The molecule has 1 atom stereocenters. The predicted molar refractivity (Wildman–Crippen MR) is 70.2 cm³/mol. The highest BCUT2D eigenvalue weighted by Crippen LogP contribution is 2.24. The number of halogens is 2. The van der Waals surface area contributed by atoms with Crippen molar-refractivity contribution in [1.82, 2.24) is 5.32 Å². The molecule has 1 heterocycles. The topological polar surface area (TPSA) is 25.2 Å². The molecule has 0 bridgehead atoms. The largest absolute Gasteiger partial charge is 0.469 e. The van der Waals surface area contributed by atoms with E-state index in [1.165, 1.54) is 6.07 Å². The zero-order valence-electron chi connectivity index (χ0n) is 10.1. The highest BCUT2D eigenvalue weighted by molar-refractivity contribution is 6.30. The van der Waals surface area contributed by atoms with Crippen molar-refractivity contribution in [3.05, 3.63) is 58.8 Å². The van der Waals surface area contributed by atoms with E-state index in [0.717, 1.165) is 18.6 Å². The lowest BCUT2D eigenvalue weighted by atomic mass is 10.0. The molecule has 0 amide bonds. The van der Waals surface area contributed by atoms with Crippen LogP contribution in [-0.4, -0.2) is 7.05 Å². The smallest absolute Gasteiger partial charge is 0.129 e. The maximum absolute atomic E-state index is 13.8. The zero-order chi connectivity index (χ0) is 13.0. The Kier molecular flexibility index (Phi) is 4.39. The quantitative estimate of drug-likeness (QED) is 0.887. The van der Waals surface area contributed by atoms with Crippen LogP contribution in [0.2, 0.25) is 5.02 Å². The predicted octanol–water partition coefficient (Wildman–Crippen LogP) is 3.97. The van der Waals surface area contributed by atoms with Gasteiger partial charge in [-0.3, -0.25) is 0 Å². The molecule has 1 N–H and O–H groups in total. The van der Waals surface area contributed by atoms with Crippen LogP contribution in [0.4, 0.5) is 4.39 Å². The number of nitrogens with one attached hydrogen (secondary N) is 1. The highest BCUT2D eigenvalue weighted by atomic mass is 35.5. The summed E-state index contributed by atoms with van der Waals surface area (Å²) in [5.74, 6) is 0.630. The molecule has 0 saturated carbocycles. The van der Waals surface area contributed by atoms with E-state index < -0.39 is 0 Å². The van der Waals surface area contributed by atoms with Gasteiger partial charge in [0.05, 0.1) is 6.26 Å². The summed E-state index contributed by atoms with van der Waals surface area (Å²) in [6.07, 6.45) is 3.18. The lowest BCUT2D eigenvalue weighted by Gasteiger charge is -2.16. The van der Waals surface area contributed by atoms with Gasteiger partial charge in [-0.05, 0) is 37.7 Å². The molecule has 2 aromatic rings.